The Hall–Kier alpha value is -1.12. The van der Waals surface area contributed by atoms with Crippen molar-refractivity contribution in [3.05, 3.63) is 11.3 Å². The molecule has 0 saturated carbocycles. The zero-order chi connectivity index (χ0) is 11.8. The van der Waals surface area contributed by atoms with Gasteiger partial charge in [-0.2, -0.15) is 17.8 Å². The third-order valence-corrected chi connectivity index (χ3v) is 3.93. The molecule has 0 saturated heterocycles. The van der Waals surface area contributed by atoms with Crippen LogP contribution < -0.4 is 10.0 Å². The van der Waals surface area contributed by atoms with E-state index < -0.39 is 10.2 Å². The molecule has 1 aliphatic rings. The average molecular weight is 245 g/mol. The Kier molecular flexibility index (Phi) is 2.87. The van der Waals surface area contributed by atoms with Crippen molar-refractivity contribution in [2.75, 3.05) is 25.4 Å². The molecule has 1 aromatic rings. The Balaban J connectivity index is 2.26. The number of hydrogen-bond donors (Lipinski definition) is 3. The first-order valence-corrected chi connectivity index (χ1v) is 6.42. The molecule has 0 bridgehead atoms. The highest BCUT2D eigenvalue weighted by atomic mass is 32.2. The van der Waals surface area contributed by atoms with Gasteiger partial charge in [0.2, 0.25) is 0 Å². The summed E-state index contributed by atoms with van der Waals surface area (Å²) in [6.45, 7) is 1.54. The number of aromatic amines is 1. The van der Waals surface area contributed by atoms with Crippen molar-refractivity contribution in [2.45, 2.75) is 13.0 Å². The summed E-state index contributed by atoms with van der Waals surface area (Å²) in [4.78, 5) is 0. The summed E-state index contributed by atoms with van der Waals surface area (Å²) in [7, 11) is -0.524. The Morgan fingerprint density at radius 2 is 2.19 bits per heavy atom. The molecule has 8 heteroatoms. The van der Waals surface area contributed by atoms with E-state index in [2.05, 4.69) is 20.2 Å². The molecule has 1 aliphatic heterocycles. The summed E-state index contributed by atoms with van der Waals surface area (Å²) in [5.74, 6) is 0.408. The quantitative estimate of drug-likeness (QED) is 0.655. The fourth-order valence-corrected chi connectivity index (χ4v) is 2.14. The SMILES string of the molecule is CN(C)S(=O)(=O)Nc1n[nH]c2c1CCNC2. The Bertz CT molecular complexity index is 479. The van der Waals surface area contributed by atoms with Gasteiger partial charge in [0.05, 0.1) is 5.69 Å². The molecule has 90 valence electrons. The summed E-state index contributed by atoms with van der Waals surface area (Å²) in [5, 5.41) is 9.99. The van der Waals surface area contributed by atoms with E-state index in [-0.39, 0.29) is 0 Å². The van der Waals surface area contributed by atoms with E-state index in [4.69, 9.17) is 0 Å². The lowest BCUT2D eigenvalue weighted by molar-refractivity contribution is 0.526. The molecule has 0 aliphatic carbocycles. The maximum Gasteiger partial charge on any atom is 0.302 e. The summed E-state index contributed by atoms with van der Waals surface area (Å²) in [6, 6.07) is 0. The number of aromatic nitrogens is 2. The van der Waals surface area contributed by atoms with E-state index >= 15 is 0 Å². The van der Waals surface area contributed by atoms with E-state index in [9.17, 15) is 8.42 Å². The van der Waals surface area contributed by atoms with Crippen LogP contribution in [0.15, 0.2) is 0 Å². The monoisotopic (exact) mass is 245 g/mol. The summed E-state index contributed by atoms with van der Waals surface area (Å²) < 4.78 is 26.8. The summed E-state index contributed by atoms with van der Waals surface area (Å²) in [5.41, 5.74) is 1.90. The van der Waals surface area contributed by atoms with Crippen LogP contribution in [0.1, 0.15) is 11.3 Å². The third kappa shape index (κ3) is 2.04. The van der Waals surface area contributed by atoms with Crippen LogP contribution in [0, 0.1) is 0 Å². The summed E-state index contributed by atoms with van der Waals surface area (Å²) in [6.07, 6.45) is 0.775. The van der Waals surface area contributed by atoms with Crippen LogP contribution in [0.25, 0.3) is 0 Å². The van der Waals surface area contributed by atoms with E-state index in [1.54, 1.807) is 0 Å². The first kappa shape index (κ1) is 11.4. The predicted molar refractivity (Wildman–Crippen MR) is 60.2 cm³/mol. The lowest BCUT2D eigenvalue weighted by Gasteiger charge is -2.15. The molecule has 0 aromatic carbocycles. The molecule has 0 atom stereocenters. The molecule has 7 nitrogen and oxygen atoms in total. The number of fused-ring (bicyclic) bond motifs is 1. The van der Waals surface area contributed by atoms with Crippen molar-refractivity contribution >= 4 is 16.0 Å². The zero-order valence-corrected chi connectivity index (χ0v) is 10.1. The second kappa shape index (κ2) is 4.04. The second-order valence-corrected chi connectivity index (χ2v) is 5.73. The van der Waals surface area contributed by atoms with Crippen LogP contribution in [-0.2, 0) is 23.2 Å². The van der Waals surface area contributed by atoms with Gasteiger partial charge in [-0.3, -0.25) is 9.82 Å². The highest BCUT2D eigenvalue weighted by Gasteiger charge is 2.21. The topological polar surface area (TPSA) is 90.1 Å². The minimum atomic E-state index is -3.47. The zero-order valence-electron chi connectivity index (χ0n) is 9.24. The lowest BCUT2D eigenvalue weighted by Crippen LogP contribution is -2.30. The van der Waals surface area contributed by atoms with Crippen molar-refractivity contribution in [3.8, 4) is 0 Å². The Labute approximate surface area is 94.4 Å². The number of rotatable bonds is 3. The van der Waals surface area contributed by atoms with Crippen molar-refractivity contribution in [1.29, 1.82) is 0 Å². The fraction of sp³-hybridized carbons (Fsp3) is 0.625. The van der Waals surface area contributed by atoms with Gasteiger partial charge < -0.3 is 5.32 Å². The highest BCUT2D eigenvalue weighted by molar-refractivity contribution is 7.90. The average Bonchev–Trinajstić information content (AvgIpc) is 2.61. The maximum absolute atomic E-state index is 11.6. The molecule has 2 heterocycles. The Morgan fingerprint density at radius 3 is 2.88 bits per heavy atom. The maximum atomic E-state index is 11.6. The van der Waals surface area contributed by atoms with Crippen LogP contribution in [-0.4, -0.2) is 43.6 Å². The van der Waals surface area contributed by atoms with Gasteiger partial charge in [0.15, 0.2) is 5.82 Å². The molecule has 3 N–H and O–H groups in total. The molecule has 0 fully saturated rings. The van der Waals surface area contributed by atoms with Crippen LogP contribution >= 0.6 is 0 Å². The molecule has 0 radical (unpaired) electrons. The van der Waals surface area contributed by atoms with Crippen LogP contribution in [0.5, 0.6) is 0 Å². The molecule has 0 spiro atoms. The van der Waals surface area contributed by atoms with Gasteiger partial charge in [-0.1, -0.05) is 0 Å². The van der Waals surface area contributed by atoms with Crippen LogP contribution in [0.2, 0.25) is 0 Å². The lowest BCUT2D eigenvalue weighted by atomic mass is 10.1. The van der Waals surface area contributed by atoms with Gasteiger partial charge in [-0.25, -0.2) is 0 Å². The fourth-order valence-electron chi connectivity index (χ4n) is 1.54. The van der Waals surface area contributed by atoms with Gasteiger partial charge in [0.25, 0.3) is 0 Å². The van der Waals surface area contributed by atoms with Gasteiger partial charge in [0, 0.05) is 26.2 Å². The number of hydrogen-bond acceptors (Lipinski definition) is 4. The van der Waals surface area contributed by atoms with Crippen LogP contribution in [0.4, 0.5) is 5.82 Å². The van der Waals surface area contributed by atoms with E-state index in [1.807, 2.05) is 0 Å². The molecular formula is C8H15N5O2S. The van der Waals surface area contributed by atoms with Crippen molar-refractivity contribution in [3.63, 3.8) is 0 Å². The summed E-state index contributed by atoms with van der Waals surface area (Å²) >= 11 is 0. The van der Waals surface area contributed by atoms with Crippen molar-refractivity contribution in [1.82, 2.24) is 19.8 Å². The van der Waals surface area contributed by atoms with Crippen molar-refractivity contribution < 1.29 is 8.42 Å². The van der Waals surface area contributed by atoms with E-state index in [0.717, 1.165) is 28.5 Å². The van der Waals surface area contributed by atoms with E-state index in [1.165, 1.54) is 14.1 Å². The van der Waals surface area contributed by atoms with E-state index in [0.29, 0.717) is 12.4 Å². The molecule has 1 aromatic heterocycles. The largest absolute Gasteiger partial charge is 0.311 e. The van der Waals surface area contributed by atoms with Crippen LogP contribution in [0.3, 0.4) is 0 Å². The highest BCUT2D eigenvalue weighted by Crippen LogP contribution is 2.20. The van der Waals surface area contributed by atoms with Gasteiger partial charge in [-0.05, 0) is 13.0 Å². The molecule has 0 amide bonds. The number of H-pyrrole nitrogens is 1. The minimum absolute atomic E-state index is 0.408. The number of anilines is 1. The third-order valence-electron chi connectivity index (χ3n) is 2.51. The molecule has 16 heavy (non-hydrogen) atoms. The second-order valence-electron chi connectivity index (χ2n) is 3.85. The van der Waals surface area contributed by atoms with Gasteiger partial charge in [-0.15, -0.1) is 0 Å². The van der Waals surface area contributed by atoms with Gasteiger partial charge in [0.1, 0.15) is 0 Å². The standard InChI is InChI=1S/C8H15N5O2S/c1-13(2)16(14,15)12-8-6-3-4-9-5-7(6)10-11-8/h9H,3-5H2,1-2H3,(H2,10,11,12). The first-order chi connectivity index (χ1) is 7.50. The predicted octanol–water partition coefficient (Wildman–Crippen LogP) is -0.726. The number of nitrogens with one attached hydrogen (secondary N) is 3. The normalized spacial score (nSPS) is 16.2. The molecule has 0 unspecified atom stereocenters. The van der Waals surface area contributed by atoms with Crippen molar-refractivity contribution in [2.24, 2.45) is 0 Å². The molecular weight excluding hydrogens is 230 g/mol. The number of nitrogens with zero attached hydrogens (tertiary/aromatic N) is 2. The smallest absolute Gasteiger partial charge is 0.302 e. The molecule has 2 rings (SSSR count). The van der Waals surface area contributed by atoms with Gasteiger partial charge >= 0.3 is 10.2 Å². The first-order valence-electron chi connectivity index (χ1n) is 4.98. The minimum Gasteiger partial charge on any atom is -0.311 e. The Morgan fingerprint density at radius 1 is 1.44 bits per heavy atom.